The number of hydrogen-bond acceptors (Lipinski definition) is 4. The van der Waals surface area contributed by atoms with Gasteiger partial charge in [-0.1, -0.05) is 34.1 Å². The van der Waals surface area contributed by atoms with Crippen LogP contribution in [0.3, 0.4) is 0 Å². The van der Waals surface area contributed by atoms with Crippen molar-refractivity contribution in [3.8, 4) is 11.5 Å². The van der Waals surface area contributed by atoms with Crippen LogP contribution in [-0.4, -0.2) is 17.2 Å². The number of aromatic nitrogens is 2. The summed E-state index contributed by atoms with van der Waals surface area (Å²) in [5, 5.41) is 8.26. The fourth-order valence-corrected chi connectivity index (χ4v) is 2.61. The van der Waals surface area contributed by atoms with Crippen LogP contribution in [0.4, 0.5) is 5.69 Å². The van der Waals surface area contributed by atoms with Crippen LogP contribution in [0.2, 0.25) is 0 Å². The number of benzene rings is 2. The normalized spacial score (nSPS) is 10.7. The molecule has 0 fully saturated rings. The minimum Gasteiger partial charge on any atom is -0.419 e. The number of halogens is 1. The number of aryl methyl sites for hydroxylation is 1. The van der Waals surface area contributed by atoms with E-state index in [1.165, 1.54) is 5.56 Å². The molecule has 4 nitrogen and oxygen atoms in total. The predicted molar refractivity (Wildman–Crippen MR) is 90.7 cm³/mol. The van der Waals surface area contributed by atoms with E-state index in [1.807, 2.05) is 37.4 Å². The molecule has 0 unspecified atom stereocenters. The lowest BCUT2D eigenvalue weighted by Crippen LogP contribution is -2.16. The third-order valence-corrected chi connectivity index (χ3v) is 3.85. The molecule has 0 spiro atoms. The van der Waals surface area contributed by atoms with E-state index in [4.69, 9.17) is 4.42 Å². The average Bonchev–Trinajstić information content (AvgIpc) is 2.96. The predicted octanol–water partition coefficient (Wildman–Crippen LogP) is 4.44. The Labute approximate surface area is 137 Å². The molecule has 1 heterocycles. The molecule has 22 heavy (non-hydrogen) atoms. The lowest BCUT2D eigenvalue weighted by molar-refractivity contribution is 0.503. The zero-order chi connectivity index (χ0) is 15.5. The molecule has 3 rings (SSSR count). The van der Waals surface area contributed by atoms with E-state index in [0.29, 0.717) is 18.3 Å². The lowest BCUT2D eigenvalue weighted by Gasteiger charge is -2.17. The maximum Gasteiger partial charge on any atom is 0.247 e. The summed E-state index contributed by atoms with van der Waals surface area (Å²) in [5.41, 5.74) is 3.26. The van der Waals surface area contributed by atoms with Gasteiger partial charge in [0.25, 0.3) is 0 Å². The molecule has 0 bridgehead atoms. The summed E-state index contributed by atoms with van der Waals surface area (Å²) in [6, 6.07) is 16.1. The van der Waals surface area contributed by atoms with Crippen molar-refractivity contribution >= 4 is 21.6 Å². The van der Waals surface area contributed by atoms with Gasteiger partial charge in [-0.05, 0) is 42.8 Å². The van der Waals surface area contributed by atoms with Crippen molar-refractivity contribution < 1.29 is 4.42 Å². The molecule has 0 radical (unpaired) electrons. The molecule has 0 saturated carbocycles. The van der Waals surface area contributed by atoms with Crippen LogP contribution in [0.1, 0.15) is 11.5 Å². The van der Waals surface area contributed by atoms with Crippen LogP contribution in [0.5, 0.6) is 0 Å². The Morgan fingerprint density at radius 1 is 1.09 bits per heavy atom. The molecule has 0 atom stereocenters. The fourth-order valence-electron chi connectivity index (χ4n) is 2.22. The van der Waals surface area contributed by atoms with Crippen LogP contribution in [0, 0.1) is 6.92 Å². The quantitative estimate of drug-likeness (QED) is 0.691. The number of nitrogens with zero attached hydrogens (tertiary/aromatic N) is 3. The Hall–Kier alpha value is -2.14. The van der Waals surface area contributed by atoms with Crippen molar-refractivity contribution in [1.29, 1.82) is 0 Å². The Balaban J connectivity index is 1.77. The van der Waals surface area contributed by atoms with Crippen LogP contribution in [0.25, 0.3) is 11.5 Å². The Bertz CT molecular complexity index is 785. The van der Waals surface area contributed by atoms with Crippen molar-refractivity contribution in [3.63, 3.8) is 0 Å². The van der Waals surface area contributed by atoms with Gasteiger partial charge >= 0.3 is 0 Å². The summed E-state index contributed by atoms with van der Waals surface area (Å²) in [5.74, 6) is 1.13. The van der Waals surface area contributed by atoms with E-state index < -0.39 is 0 Å². The SMILES string of the molecule is Cc1cccc(N(C)Cc2nnc(-c3cccc(Br)c3)o2)c1. The van der Waals surface area contributed by atoms with E-state index in [0.717, 1.165) is 15.7 Å². The monoisotopic (exact) mass is 357 g/mol. The first-order chi connectivity index (χ1) is 10.6. The molecule has 0 saturated heterocycles. The van der Waals surface area contributed by atoms with E-state index in [9.17, 15) is 0 Å². The molecule has 0 aliphatic heterocycles. The first kappa shape index (κ1) is 14.8. The topological polar surface area (TPSA) is 42.2 Å². The maximum absolute atomic E-state index is 5.76. The highest BCUT2D eigenvalue weighted by atomic mass is 79.9. The maximum atomic E-state index is 5.76. The second kappa shape index (κ2) is 6.32. The van der Waals surface area contributed by atoms with E-state index in [2.05, 4.69) is 56.2 Å². The van der Waals surface area contributed by atoms with Crippen molar-refractivity contribution in [2.24, 2.45) is 0 Å². The molecule has 2 aromatic carbocycles. The molecular formula is C17H16BrN3O. The molecule has 1 aromatic heterocycles. The summed E-state index contributed by atoms with van der Waals surface area (Å²) in [6.45, 7) is 2.65. The van der Waals surface area contributed by atoms with Crippen molar-refractivity contribution in [3.05, 3.63) is 64.5 Å². The van der Waals surface area contributed by atoms with Gasteiger partial charge in [-0.3, -0.25) is 0 Å². The highest BCUT2D eigenvalue weighted by Crippen LogP contribution is 2.23. The minimum atomic E-state index is 0.536. The third-order valence-electron chi connectivity index (χ3n) is 3.35. The Morgan fingerprint density at radius 2 is 1.91 bits per heavy atom. The Kier molecular flexibility index (Phi) is 4.24. The molecule has 3 aromatic rings. The van der Waals surface area contributed by atoms with Gasteiger partial charge in [-0.2, -0.15) is 0 Å². The van der Waals surface area contributed by atoms with Crippen LogP contribution < -0.4 is 4.90 Å². The molecule has 0 amide bonds. The van der Waals surface area contributed by atoms with Crippen molar-refractivity contribution in [1.82, 2.24) is 10.2 Å². The van der Waals surface area contributed by atoms with Gasteiger partial charge in [0.2, 0.25) is 11.8 Å². The molecule has 112 valence electrons. The zero-order valence-corrected chi connectivity index (χ0v) is 14.0. The van der Waals surface area contributed by atoms with Crippen LogP contribution >= 0.6 is 15.9 Å². The minimum absolute atomic E-state index is 0.536. The molecule has 0 aliphatic rings. The van der Waals surface area contributed by atoms with Gasteiger partial charge < -0.3 is 9.32 Å². The molecule has 0 N–H and O–H groups in total. The van der Waals surface area contributed by atoms with Gasteiger partial charge in [0.1, 0.15) is 0 Å². The second-order valence-electron chi connectivity index (χ2n) is 5.21. The second-order valence-corrected chi connectivity index (χ2v) is 6.12. The first-order valence-electron chi connectivity index (χ1n) is 6.98. The zero-order valence-electron chi connectivity index (χ0n) is 12.5. The van der Waals surface area contributed by atoms with Crippen molar-refractivity contribution in [2.45, 2.75) is 13.5 Å². The number of rotatable bonds is 4. The fraction of sp³-hybridized carbons (Fsp3) is 0.176. The third kappa shape index (κ3) is 3.36. The van der Waals surface area contributed by atoms with E-state index >= 15 is 0 Å². The van der Waals surface area contributed by atoms with E-state index in [-0.39, 0.29) is 0 Å². The lowest BCUT2D eigenvalue weighted by atomic mass is 10.2. The first-order valence-corrected chi connectivity index (χ1v) is 7.77. The largest absolute Gasteiger partial charge is 0.419 e. The highest BCUT2D eigenvalue weighted by Gasteiger charge is 2.11. The van der Waals surface area contributed by atoms with Gasteiger partial charge in [0, 0.05) is 22.8 Å². The van der Waals surface area contributed by atoms with Crippen LogP contribution in [-0.2, 0) is 6.54 Å². The Morgan fingerprint density at radius 3 is 2.68 bits per heavy atom. The molecule has 5 heteroatoms. The number of hydrogen-bond donors (Lipinski definition) is 0. The molecule has 0 aliphatic carbocycles. The van der Waals surface area contributed by atoms with Gasteiger partial charge in [-0.25, -0.2) is 0 Å². The summed E-state index contributed by atoms with van der Waals surface area (Å²) in [4.78, 5) is 2.09. The van der Waals surface area contributed by atoms with Gasteiger partial charge in [-0.15, -0.1) is 10.2 Å². The average molecular weight is 358 g/mol. The summed E-state index contributed by atoms with van der Waals surface area (Å²) in [7, 11) is 2.01. The van der Waals surface area contributed by atoms with Crippen LogP contribution in [0.15, 0.2) is 57.4 Å². The van der Waals surface area contributed by atoms with Crippen molar-refractivity contribution in [2.75, 3.05) is 11.9 Å². The smallest absolute Gasteiger partial charge is 0.247 e. The highest BCUT2D eigenvalue weighted by molar-refractivity contribution is 9.10. The number of anilines is 1. The van der Waals surface area contributed by atoms with Gasteiger partial charge in [0.15, 0.2) is 0 Å². The molecular weight excluding hydrogens is 342 g/mol. The summed E-state index contributed by atoms with van der Waals surface area (Å²) >= 11 is 3.45. The van der Waals surface area contributed by atoms with Gasteiger partial charge in [0.05, 0.1) is 6.54 Å². The standard InChI is InChI=1S/C17H16BrN3O/c1-12-5-3-8-15(9-12)21(2)11-16-19-20-17(22-16)13-6-4-7-14(18)10-13/h3-10H,11H2,1-2H3. The summed E-state index contributed by atoms with van der Waals surface area (Å²) < 4.78 is 6.75. The van der Waals surface area contributed by atoms with E-state index in [1.54, 1.807) is 0 Å². The summed E-state index contributed by atoms with van der Waals surface area (Å²) in [6.07, 6.45) is 0.